The molecule has 0 rings (SSSR count). The highest BCUT2D eigenvalue weighted by Crippen LogP contribution is 2.43. The van der Waals surface area contributed by atoms with E-state index in [1.165, 1.54) is 83.5 Å². The number of allylic oxidation sites excluding steroid dienone is 10. The number of phosphoric ester groups is 1. The van der Waals surface area contributed by atoms with Crippen molar-refractivity contribution in [3.8, 4) is 0 Å². The van der Waals surface area contributed by atoms with E-state index in [4.69, 9.17) is 24.3 Å². The molecule has 0 spiro atoms. The number of rotatable bonds is 42. The lowest BCUT2D eigenvalue weighted by molar-refractivity contribution is -0.161. The van der Waals surface area contributed by atoms with Crippen molar-refractivity contribution < 1.29 is 37.6 Å². The molecule has 9 nitrogen and oxygen atoms in total. The third-order valence-corrected chi connectivity index (χ3v) is 10.4. The van der Waals surface area contributed by atoms with Crippen LogP contribution in [0.1, 0.15) is 194 Å². The number of hydrogen-bond donors (Lipinski definition) is 2. The lowest BCUT2D eigenvalue weighted by atomic mass is 10.1. The molecule has 0 amide bonds. The molecular formula is C47H84NO8P. The van der Waals surface area contributed by atoms with Gasteiger partial charge in [0.25, 0.3) is 0 Å². The fraction of sp³-hybridized carbons (Fsp3) is 0.745. The summed E-state index contributed by atoms with van der Waals surface area (Å²) in [5.41, 5.74) is 5.35. The van der Waals surface area contributed by atoms with Crippen LogP contribution in [-0.4, -0.2) is 49.3 Å². The van der Waals surface area contributed by atoms with E-state index in [1.807, 2.05) is 0 Å². The second-order valence-corrected chi connectivity index (χ2v) is 16.3. The van der Waals surface area contributed by atoms with Crippen molar-refractivity contribution in [2.24, 2.45) is 5.73 Å². The molecule has 3 N–H and O–H groups in total. The van der Waals surface area contributed by atoms with Crippen molar-refractivity contribution in [3.63, 3.8) is 0 Å². The van der Waals surface area contributed by atoms with Gasteiger partial charge in [0.2, 0.25) is 0 Å². The van der Waals surface area contributed by atoms with E-state index in [0.29, 0.717) is 12.8 Å². The standard InChI is InChI=1S/C47H84NO8P/c1-3-5-7-9-11-13-15-17-19-21-22-24-26-28-30-32-34-36-38-40-47(50)56-45(44-55-57(51,52)54-42-41-48)43-53-46(49)39-37-35-33-31-29-27-25-23-20-18-16-14-12-10-8-6-4-2/h6,8,12,14,17-20,25,27,45H,3-5,7,9-11,13,15-16,21-24,26,28-44,48H2,1-2H3,(H,51,52)/t45-/m1/s1. The first-order valence-electron chi connectivity index (χ1n) is 22.8. The SMILES string of the molecule is CCC=CCC=CCC=CCC=CCCCCCCC(=O)OC[C@H](COP(=O)(O)OCCN)OC(=O)CCCCCCCCCCCC=CCCCCCCCC. The number of nitrogens with two attached hydrogens (primary N) is 1. The summed E-state index contributed by atoms with van der Waals surface area (Å²) in [4.78, 5) is 34.9. The Morgan fingerprint density at radius 1 is 0.544 bits per heavy atom. The zero-order valence-corrected chi connectivity index (χ0v) is 37.2. The van der Waals surface area contributed by atoms with Gasteiger partial charge >= 0.3 is 19.8 Å². The molecule has 0 aliphatic carbocycles. The number of carbonyl (C=O) groups is 2. The fourth-order valence-corrected chi connectivity index (χ4v) is 6.80. The third kappa shape index (κ3) is 43.1. The first kappa shape index (κ1) is 54.7. The van der Waals surface area contributed by atoms with Gasteiger partial charge in [-0.05, 0) is 77.0 Å². The Morgan fingerprint density at radius 3 is 1.46 bits per heavy atom. The summed E-state index contributed by atoms with van der Waals surface area (Å²) < 4.78 is 32.8. The smallest absolute Gasteiger partial charge is 0.462 e. The molecule has 0 aromatic heterocycles. The van der Waals surface area contributed by atoms with Crippen LogP contribution in [0.5, 0.6) is 0 Å². The first-order valence-corrected chi connectivity index (χ1v) is 24.3. The van der Waals surface area contributed by atoms with Crippen molar-refractivity contribution in [1.82, 2.24) is 0 Å². The van der Waals surface area contributed by atoms with Crippen molar-refractivity contribution >= 4 is 19.8 Å². The van der Waals surface area contributed by atoms with Gasteiger partial charge in [-0.3, -0.25) is 18.6 Å². The maximum atomic E-state index is 12.6. The molecule has 0 saturated heterocycles. The Morgan fingerprint density at radius 2 is 0.965 bits per heavy atom. The average Bonchev–Trinajstić information content (AvgIpc) is 3.20. The normalized spacial score (nSPS) is 13.8. The van der Waals surface area contributed by atoms with Crippen LogP contribution in [0.15, 0.2) is 60.8 Å². The lowest BCUT2D eigenvalue weighted by Gasteiger charge is -2.19. The lowest BCUT2D eigenvalue weighted by Crippen LogP contribution is -2.29. The van der Waals surface area contributed by atoms with Crippen molar-refractivity contribution in [2.45, 2.75) is 200 Å². The molecule has 0 saturated carbocycles. The molecule has 0 aromatic carbocycles. The molecule has 330 valence electrons. The Kier molecular flexibility index (Phi) is 41.6. The predicted octanol–water partition coefficient (Wildman–Crippen LogP) is 13.3. The Labute approximate surface area is 349 Å². The van der Waals surface area contributed by atoms with Crippen molar-refractivity contribution in [2.75, 3.05) is 26.4 Å². The van der Waals surface area contributed by atoms with Gasteiger partial charge in [0, 0.05) is 19.4 Å². The summed E-state index contributed by atoms with van der Waals surface area (Å²) in [6.45, 7) is 3.59. The van der Waals surface area contributed by atoms with Gasteiger partial charge in [-0.25, -0.2) is 4.57 Å². The van der Waals surface area contributed by atoms with Gasteiger partial charge in [-0.15, -0.1) is 0 Å². The number of carbonyl (C=O) groups excluding carboxylic acids is 2. The van der Waals surface area contributed by atoms with E-state index in [0.717, 1.165) is 70.6 Å². The van der Waals surface area contributed by atoms with Crippen LogP contribution in [0.4, 0.5) is 0 Å². The van der Waals surface area contributed by atoms with Gasteiger partial charge in [-0.2, -0.15) is 0 Å². The van der Waals surface area contributed by atoms with Crippen LogP contribution in [0.25, 0.3) is 0 Å². The zero-order valence-electron chi connectivity index (χ0n) is 36.3. The monoisotopic (exact) mass is 822 g/mol. The van der Waals surface area contributed by atoms with E-state index < -0.39 is 32.5 Å². The van der Waals surface area contributed by atoms with Crippen LogP contribution < -0.4 is 5.73 Å². The number of esters is 2. The molecular weight excluding hydrogens is 737 g/mol. The molecule has 2 atom stereocenters. The second kappa shape index (κ2) is 43.3. The summed E-state index contributed by atoms with van der Waals surface area (Å²) in [6.07, 6.45) is 51.1. The predicted molar refractivity (Wildman–Crippen MR) is 238 cm³/mol. The first-order chi connectivity index (χ1) is 27.8. The second-order valence-electron chi connectivity index (χ2n) is 14.9. The molecule has 0 bridgehead atoms. The topological polar surface area (TPSA) is 134 Å². The molecule has 57 heavy (non-hydrogen) atoms. The highest BCUT2D eigenvalue weighted by atomic mass is 31.2. The highest BCUT2D eigenvalue weighted by Gasteiger charge is 2.26. The van der Waals surface area contributed by atoms with Gasteiger partial charge < -0.3 is 20.1 Å². The fourth-order valence-electron chi connectivity index (χ4n) is 6.03. The van der Waals surface area contributed by atoms with Crippen LogP contribution in [-0.2, 0) is 32.7 Å². The Bertz CT molecular complexity index is 1120. The maximum Gasteiger partial charge on any atom is 0.472 e. The summed E-state index contributed by atoms with van der Waals surface area (Å²) in [5, 5.41) is 0. The van der Waals surface area contributed by atoms with Crippen LogP contribution in [0.2, 0.25) is 0 Å². The largest absolute Gasteiger partial charge is 0.472 e. The molecule has 0 aliphatic heterocycles. The minimum atomic E-state index is -4.39. The van der Waals surface area contributed by atoms with Gasteiger partial charge in [0.1, 0.15) is 6.61 Å². The molecule has 0 aromatic rings. The highest BCUT2D eigenvalue weighted by molar-refractivity contribution is 7.47. The average molecular weight is 822 g/mol. The molecule has 0 aliphatic rings. The molecule has 1 unspecified atom stereocenters. The summed E-state index contributed by atoms with van der Waals surface area (Å²) in [6, 6.07) is 0. The zero-order chi connectivity index (χ0) is 41.8. The molecule has 10 heteroatoms. The number of hydrogen-bond acceptors (Lipinski definition) is 8. The summed E-state index contributed by atoms with van der Waals surface area (Å²) in [7, 11) is -4.39. The maximum absolute atomic E-state index is 12.6. The Hall–Kier alpha value is -2.29. The van der Waals surface area contributed by atoms with Gasteiger partial charge in [0.15, 0.2) is 6.10 Å². The minimum absolute atomic E-state index is 0.0472. The number of phosphoric acid groups is 1. The Balaban J connectivity index is 4.16. The molecule has 0 fully saturated rings. The van der Waals surface area contributed by atoms with E-state index in [9.17, 15) is 19.0 Å². The number of unbranched alkanes of at least 4 members (excludes halogenated alkanes) is 19. The van der Waals surface area contributed by atoms with Gasteiger partial charge in [-0.1, -0.05) is 164 Å². The van der Waals surface area contributed by atoms with Crippen LogP contribution in [0.3, 0.4) is 0 Å². The summed E-state index contributed by atoms with van der Waals surface area (Å²) in [5.74, 6) is -0.859. The van der Waals surface area contributed by atoms with Crippen LogP contribution in [0, 0.1) is 0 Å². The van der Waals surface area contributed by atoms with Crippen molar-refractivity contribution in [3.05, 3.63) is 60.8 Å². The molecule has 0 radical (unpaired) electrons. The van der Waals surface area contributed by atoms with E-state index in [-0.39, 0.29) is 32.6 Å². The summed E-state index contributed by atoms with van der Waals surface area (Å²) >= 11 is 0. The minimum Gasteiger partial charge on any atom is -0.462 e. The van der Waals surface area contributed by atoms with E-state index >= 15 is 0 Å². The quantitative estimate of drug-likeness (QED) is 0.0267. The van der Waals surface area contributed by atoms with Crippen LogP contribution >= 0.6 is 7.82 Å². The third-order valence-electron chi connectivity index (χ3n) is 9.39. The van der Waals surface area contributed by atoms with E-state index in [1.54, 1.807) is 0 Å². The molecule has 0 heterocycles. The van der Waals surface area contributed by atoms with E-state index in [2.05, 4.69) is 74.6 Å². The van der Waals surface area contributed by atoms with Crippen molar-refractivity contribution in [1.29, 1.82) is 0 Å². The van der Waals surface area contributed by atoms with Gasteiger partial charge in [0.05, 0.1) is 13.2 Å². The number of ether oxygens (including phenoxy) is 2.